The Balaban J connectivity index is 1.69. The number of ketones is 1. The fourth-order valence-corrected chi connectivity index (χ4v) is 3.19. The van der Waals surface area contributed by atoms with E-state index >= 15 is 0 Å². The van der Waals surface area contributed by atoms with Crippen molar-refractivity contribution < 1.29 is 9.53 Å². The Morgan fingerprint density at radius 1 is 1.32 bits per heavy atom. The predicted octanol–water partition coefficient (Wildman–Crippen LogP) is 3.84. The Labute approximate surface area is 116 Å². The summed E-state index contributed by atoms with van der Waals surface area (Å²) in [5, 5.41) is 0. The summed E-state index contributed by atoms with van der Waals surface area (Å²) in [5.41, 5.74) is 1.37. The second-order valence-corrected chi connectivity index (χ2v) is 6.24. The number of hydrogen-bond acceptors (Lipinski definition) is 2. The molecule has 0 N–H and O–H groups in total. The number of benzene rings is 1. The van der Waals surface area contributed by atoms with Crippen LogP contribution in [0, 0.1) is 17.3 Å². The van der Waals surface area contributed by atoms with Gasteiger partial charge in [0, 0.05) is 12.5 Å². The largest absolute Gasteiger partial charge is 0.377 e. The van der Waals surface area contributed by atoms with E-state index in [0.717, 1.165) is 19.4 Å². The molecule has 0 unspecified atom stereocenters. The lowest BCUT2D eigenvalue weighted by atomic mass is 9.53. The predicted molar refractivity (Wildman–Crippen MR) is 76.8 cm³/mol. The van der Waals surface area contributed by atoms with Crippen molar-refractivity contribution in [2.45, 2.75) is 40.2 Å². The highest BCUT2D eigenvalue weighted by Crippen LogP contribution is 2.53. The van der Waals surface area contributed by atoms with E-state index in [4.69, 9.17) is 4.74 Å². The molecule has 0 heterocycles. The molecule has 0 bridgehead atoms. The lowest BCUT2D eigenvalue weighted by Crippen LogP contribution is -2.48. The average Bonchev–Trinajstić information content (AvgIpc) is 2.37. The second-order valence-electron chi connectivity index (χ2n) is 6.24. The van der Waals surface area contributed by atoms with E-state index in [1.54, 1.807) is 6.92 Å². The Morgan fingerprint density at radius 3 is 2.58 bits per heavy atom. The quantitative estimate of drug-likeness (QED) is 0.726. The molecular weight excluding hydrogens is 236 g/mol. The summed E-state index contributed by atoms with van der Waals surface area (Å²) in [7, 11) is 0. The highest BCUT2D eigenvalue weighted by atomic mass is 16.5. The topological polar surface area (TPSA) is 26.3 Å². The van der Waals surface area contributed by atoms with Crippen LogP contribution in [0.3, 0.4) is 0 Å². The Hall–Kier alpha value is -1.15. The normalized spacial score (nSPS) is 24.8. The molecule has 0 aromatic heterocycles. The van der Waals surface area contributed by atoms with E-state index in [1.165, 1.54) is 5.56 Å². The first-order chi connectivity index (χ1) is 9.01. The van der Waals surface area contributed by atoms with Gasteiger partial charge in [0.2, 0.25) is 0 Å². The monoisotopic (exact) mass is 260 g/mol. The summed E-state index contributed by atoms with van der Waals surface area (Å²) >= 11 is 0. The maximum atomic E-state index is 11.5. The van der Waals surface area contributed by atoms with Gasteiger partial charge in [-0.05, 0) is 36.7 Å². The Kier molecular flexibility index (Phi) is 4.41. The minimum absolute atomic E-state index is 0.155. The number of ether oxygens (including phenoxy) is 1. The van der Waals surface area contributed by atoms with Crippen molar-refractivity contribution in [3.05, 3.63) is 35.9 Å². The van der Waals surface area contributed by atoms with E-state index < -0.39 is 0 Å². The lowest BCUT2D eigenvalue weighted by molar-refractivity contribution is -0.137. The summed E-state index contributed by atoms with van der Waals surface area (Å²) in [6, 6.07) is 10.2. The first-order valence-electron chi connectivity index (χ1n) is 7.14. The minimum Gasteiger partial charge on any atom is -0.377 e. The summed E-state index contributed by atoms with van der Waals surface area (Å²) in [6.07, 6.45) is 2.10. The number of carbonyl (C=O) groups is 1. The first-order valence-corrected chi connectivity index (χ1v) is 7.14. The molecule has 19 heavy (non-hydrogen) atoms. The van der Waals surface area contributed by atoms with Gasteiger partial charge in [-0.3, -0.25) is 4.79 Å². The summed E-state index contributed by atoms with van der Waals surface area (Å²) in [6.45, 7) is 7.61. The van der Waals surface area contributed by atoms with Gasteiger partial charge in [0.15, 0.2) is 0 Å². The van der Waals surface area contributed by atoms with Gasteiger partial charge in [0.1, 0.15) is 5.78 Å². The van der Waals surface area contributed by atoms with Crippen LogP contribution in [-0.4, -0.2) is 12.4 Å². The van der Waals surface area contributed by atoms with Crippen LogP contribution >= 0.6 is 0 Å². The molecule has 2 heteroatoms. The van der Waals surface area contributed by atoms with Crippen molar-refractivity contribution in [3.8, 4) is 0 Å². The maximum absolute atomic E-state index is 11.5. The van der Waals surface area contributed by atoms with Gasteiger partial charge in [-0.15, -0.1) is 0 Å². The van der Waals surface area contributed by atoms with Crippen molar-refractivity contribution in [1.29, 1.82) is 0 Å². The van der Waals surface area contributed by atoms with Gasteiger partial charge in [-0.25, -0.2) is 0 Å². The van der Waals surface area contributed by atoms with Gasteiger partial charge >= 0.3 is 0 Å². The van der Waals surface area contributed by atoms with Crippen molar-refractivity contribution in [1.82, 2.24) is 0 Å². The zero-order valence-corrected chi connectivity index (χ0v) is 12.2. The molecule has 1 aliphatic rings. The van der Waals surface area contributed by atoms with Gasteiger partial charge in [-0.1, -0.05) is 44.2 Å². The molecule has 104 valence electrons. The molecule has 0 aliphatic heterocycles. The Bertz CT molecular complexity index is 422. The minimum atomic E-state index is 0.155. The summed E-state index contributed by atoms with van der Waals surface area (Å²) in [5.74, 6) is 1.22. The fourth-order valence-electron chi connectivity index (χ4n) is 3.19. The smallest absolute Gasteiger partial charge is 0.133 e. The number of carbonyl (C=O) groups excluding carboxylic acids is 1. The molecule has 0 amide bonds. The fraction of sp³-hybridized carbons (Fsp3) is 0.588. The van der Waals surface area contributed by atoms with Crippen LogP contribution in [0.25, 0.3) is 0 Å². The third kappa shape index (κ3) is 3.24. The number of hydrogen-bond donors (Lipinski definition) is 0. The second kappa shape index (κ2) is 5.87. The third-order valence-corrected chi connectivity index (χ3v) is 4.68. The lowest BCUT2D eigenvalue weighted by Gasteiger charge is -2.51. The first kappa shape index (κ1) is 14.3. The van der Waals surface area contributed by atoms with Crippen LogP contribution in [-0.2, 0) is 16.1 Å². The van der Waals surface area contributed by atoms with Crippen molar-refractivity contribution in [2.75, 3.05) is 6.61 Å². The van der Waals surface area contributed by atoms with Crippen LogP contribution < -0.4 is 0 Å². The standard InChI is InChI=1S/C17H24O2/c1-13(18)16-11-15(17(16,2)3)9-10-19-12-14-7-5-4-6-8-14/h4-8,15-16H,9-12H2,1-3H3/t15-,16-/m0/s1. The molecule has 2 nitrogen and oxygen atoms in total. The molecular formula is C17H24O2. The Morgan fingerprint density at radius 2 is 2.00 bits per heavy atom. The molecule has 2 atom stereocenters. The van der Waals surface area contributed by atoms with E-state index in [1.807, 2.05) is 18.2 Å². The molecule has 1 saturated carbocycles. The van der Waals surface area contributed by atoms with Crippen LogP contribution in [0.1, 0.15) is 39.2 Å². The molecule has 1 aromatic rings. The summed E-state index contributed by atoms with van der Waals surface area (Å²) in [4.78, 5) is 11.5. The molecule has 1 aliphatic carbocycles. The van der Waals surface area contributed by atoms with Gasteiger partial charge < -0.3 is 4.74 Å². The highest BCUT2D eigenvalue weighted by molar-refractivity contribution is 5.80. The third-order valence-electron chi connectivity index (χ3n) is 4.68. The van der Waals surface area contributed by atoms with Gasteiger partial charge in [-0.2, -0.15) is 0 Å². The van der Waals surface area contributed by atoms with Crippen molar-refractivity contribution in [2.24, 2.45) is 17.3 Å². The highest BCUT2D eigenvalue weighted by Gasteiger charge is 2.49. The summed E-state index contributed by atoms with van der Waals surface area (Å²) < 4.78 is 5.73. The zero-order chi connectivity index (χ0) is 13.9. The molecule has 2 rings (SSSR count). The van der Waals surface area contributed by atoms with E-state index in [9.17, 15) is 4.79 Å². The number of rotatable bonds is 6. The molecule has 1 fully saturated rings. The molecule has 0 radical (unpaired) electrons. The molecule has 0 saturated heterocycles. The van der Waals surface area contributed by atoms with Crippen LogP contribution in [0.4, 0.5) is 0 Å². The molecule has 0 spiro atoms. The van der Waals surface area contributed by atoms with Crippen molar-refractivity contribution in [3.63, 3.8) is 0 Å². The molecule has 1 aromatic carbocycles. The van der Waals surface area contributed by atoms with E-state index in [-0.39, 0.29) is 11.3 Å². The van der Waals surface area contributed by atoms with Crippen molar-refractivity contribution >= 4 is 5.78 Å². The number of Topliss-reactive ketones (excluding diaryl/α,β-unsaturated/α-hetero) is 1. The average molecular weight is 260 g/mol. The van der Waals surface area contributed by atoms with E-state index in [0.29, 0.717) is 18.3 Å². The van der Waals surface area contributed by atoms with Crippen LogP contribution in [0.2, 0.25) is 0 Å². The van der Waals surface area contributed by atoms with Gasteiger partial charge in [0.05, 0.1) is 6.61 Å². The maximum Gasteiger partial charge on any atom is 0.133 e. The zero-order valence-electron chi connectivity index (χ0n) is 12.2. The van der Waals surface area contributed by atoms with Crippen LogP contribution in [0.15, 0.2) is 30.3 Å². The SMILES string of the molecule is CC(=O)[C@@H]1C[C@H](CCOCc2ccccc2)C1(C)C. The van der Waals surface area contributed by atoms with Gasteiger partial charge in [0.25, 0.3) is 0 Å². The van der Waals surface area contributed by atoms with Crippen LogP contribution in [0.5, 0.6) is 0 Å². The van der Waals surface area contributed by atoms with E-state index in [2.05, 4.69) is 26.0 Å².